The maximum Gasteiger partial charge on any atom is 0.418 e. The molecule has 0 saturated heterocycles. The molecule has 0 aliphatic carbocycles. The normalized spacial score (nSPS) is 11.3. The molecular formula is C33H35N3O9S. The molecule has 4 rings (SSSR count). The number of pyridine rings is 1. The van der Waals surface area contributed by atoms with Gasteiger partial charge in [-0.05, 0) is 54.3 Å². The van der Waals surface area contributed by atoms with Crippen LogP contribution < -0.4 is 29.0 Å². The molecular weight excluding hydrogens is 614 g/mol. The van der Waals surface area contributed by atoms with E-state index in [9.17, 15) is 18.0 Å². The Morgan fingerprint density at radius 3 is 2.22 bits per heavy atom. The summed E-state index contributed by atoms with van der Waals surface area (Å²) in [6.07, 6.45) is 0.382. The lowest BCUT2D eigenvalue weighted by atomic mass is 9.87. The molecule has 242 valence electrons. The summed E-state index contributed by atoms with van der Waals surface area (Å²) in [5.74, 6) is -0.853. The van der Waals surface area contributed by atoms with Crippen molar-refractivity contribution < 1.29 is 41.7 Å². The van der Waals surface area contributed by atoms with Crippen LogP contribution in [0.3, 0.4) is 0 Å². The molecule has 1 heterocycles. The van der Waals surface area contributed by atoms with Crippen LogP contribution in [0, 0.1) is 0 Å². The Morgan fingerprint density at radius 1 is 0.891 bits per heavy atom. The van der Waals surface area contributed by atoms with Crippen LogP contribution in [-0.2, 0) is 20.2 Å². The zero-order chi connectivity index (χ0) is 33.5. The van der Waals surface area contributed by atoms with Crippen LogP contribution in [-0.4, -0.2) is 46.3 Å². The predicted octanol–water partition coefficient (Wildman–Crippen LogP) is 6.78. The van der Waals surface area contributed by atoms with Crippen LogP contribution in [0.15, 0.2) is 83.9 Å². The molecule has 13 heteroatoms. The molecule has 0 spiro atoms. The molecule has 0 atom stereocenters. The van der Waals surface area contributed by atoms with E-state index in [0.717, 1.165) is 12.7 Å². The van der Waals surface area contributed by atoms with Gasteiger partial charge in [0.1, 0.15) is 28.6 Å². The van der Waals surface area contributed by atoms with Crippen LogP contribution in [0.25, 0.3) is 0 Å². The number of methoxy groups -OCH3 is 2. The molecule has 0 unspecified atom stereocenters. The van der Waals surface area contributed by atoms with Crippen molar-refractivity contribution in [3.05, 3.63) is 90.1 Å². The zero-order valence-corrected chi connectivity index (χ0v) is 27.1. The van der Waals surface area contributed by atoms with E-state index in [1.54, 1.807) is 55.5 Å². The number of carbonyl (C=O) groups excluding carboxylic acids is 2. The first kappa shape index (κ1) is 33.6. The Balaban J connectivity index is 1.94. The maximum atomic E-state index is 13.9. The monoisotopic (exact) mass is 649 g/mol. The fraction of sp³-hybridized carbons (Fsp3) is 0.242. The van der Waals surface area contributed by atoms with Gasteiger partial charge in [-0.2, -0.15) is 0 Å². The van der Waals surface area contributed by atoms with Gasteiger partial charge in [-0.3, -0.25) is 10.0 Å². The van der Waals surface area contributed by atoms with Crippen molar-refractivity contribution in [3.63, 3.8) is 0 Å². The number of esters is 1. The average Bonchev–Trinajstić information content (AvgIpc) is 3.03. The second-order valence-corrected chi connectivity index (χ2v) is 12.5. The number of carbonyl (C=O) groups is 2. The molecule has 12 nitrogen and oxygen atoms in total. The number of hydrogen-bond donors (Lipinski definition) is 2. The molecule has 0 aliphatic rings. The third-order valence-electron chi connectivity index (χ3n) is 6.52. The summed E-state index contributed by atoms with van der Waals surface area (Å²) in [6, 6.07) is 18.9. The standard InChI is InChI=1S/C33H35N3O9S/c1-7-43-26-20-25(31(37)42-6)29(45-32(38)35-27-13-8-9-18-34-27)28(30(26)44-23-12-10-11-22(19-23)41-5)36-46(39,40)24-16-14-21(15-17-24)33(2,3)4/h8-20,36H,7H2,1-6H3,(H,34,35,38). The highest BCUT2D eigenvalue weighted by Gasteiger charge is 2.31. The molecule has 4 aromatic rings. The van der Waals surface area contributed by atoms with Gasteiger partial charge in [-0.1, -0.05) is 45.0 Å². The van der Waals surface area contributed by atoms with Crippen molar-refractivity contribution in [2.75, 3.05) is 30.9 Å². The molecule has 0 radical (unpaired) electrons. The minimum atomic E-state index is -4.39. The van der Waals surface area contributed by atoms with Gasteiger partial charge in [0.25, 0.3) is 10.0 Å². The smallest absolute Gasteiger partial charge is 0.418 e. The highest BCUT2D eigenvalue weighted by molar-refractivity contribution is 7.92. The van der Waals surface area contributed by atoms with Crippen LogP contribution >= 0.6 is 0 Å². The van der Waals surface area contributed by atoms with E-state index in [4.69, 9.17) is 23.7 Å². The quantitative estimate of drug-likeness (QED) is 0.166. The van der Waals surface area contributed by atoms with Crippen LogP contribution in [0.1, 0.15) is 43.6 Å². The maximum absolute atomic E-state index is 13.9. The summed E-state index contributed by atoms with van der Waals surface area (Å²) < 4.78 is 58.2. The lowest BCUT2D eigenvalue weighted by Gasteiger charge is -2.22. The predicted molar refractivity (Wildman–Crippen MR) is 172 cm³/mol. The SMILES string of the molecule is CCOc1cc(C(=O)OC)c(OC(=O)Nc2ccccn2)c(NS(=O)(=O)c2ccc(C(C)(C)C)cc2)c1Oc1cccc(OC)c1. The number of sulfonamides is 1. The van der Waals surface area contributed by atoms with Gasteiger partial charge < -0.3 is 23.7 Å². The summed E-state index contributed by atoms with van der Waals surface area (Å²) in [4.78, 5) is 30.1. The lowest BCUT2D eigenvalue weighted by molar-refractivity contribution is 0.0597. The number of nitrogens with zero attached hydrogens (tertiary/aromatic N) is 1. The lowest BCUT2D eigenvalue weighted by Crippen LogP contribution is -2.22. The number of nitrogens with one attached hydrogen (secondary N) is 2. The number of benzene rings is 3. The molecule has 0 aliphatic heterocycles. The van der Waals surface area contributed by atoms with Gasteiger partial charge in [0.05, 0.1) is 25.7 Å². The number of ether oxygens (including phenoxy) is 5. The fourth-order valence-corrected chi connectivity index (χ4v) is 5.28. The van der Waals surface area contributed by atoms with E-state index >= 15 is 0 Å². The van der Waals surface area contributed by atoms with E-state index in [1.165, 1.54) is 37.6 Å². The Kier molecular flexibility index (Phi) is 10.4. The zero-order valence-electron chi connectivity index (χ0n) is 26.2. The number of anilines is 2. The third kappa shape index (κ3) is 8.04. The largest absolute Gasteiger partial charge is 0.497 e. The second kappa shape index (κ2) is 14.2. The summed E-state index contributed by atoms with van der Waals surface area (Å²) in [6.45, 7) is 7.81. The fourth-order valence-electron chi connectivity index (χ4n) is 4.22. The highest BCUT2D eigenvalue weighted by atomic mass is 32.2. The Bertz CT molecular complexity index is 1810. The molecule has 0 saturated carbocycles. The molecule has 3 aromatic carbocycles. The number of amides is 1. The number of aromatic nitrogens is 1. The van der Waals surface area contributed by atoms with Gasteiger partial charge in [-0.15, -0.1) is 0 Å². The molecule has 46 heavy (non-hydrogen) atoms. The van der Waals surface area contributed by atoms with Gasteiger partial charge in [-0.25, -0.2) is 23.0 Å². The molecule has 0 bridgehead atoms. The van der Waals surface area contributed by atoms with E-state index in [1.807, 2.05) is 20.8 Å². The summed E-state index contributed by atoms with van der Waals surface area (Å²) in [5.41, 5.74) is -0.0300. The van der Waals surface area contributed by atoms with E-state index in [0.29, 0.717) is 5.75 Å². The van der Waals surface area contributed by atoms with Gasteiger partial charge >= 0.3 is 12.1 Å². The Morgan fingerprint density at radius 2 is 1.61 bits per heavy atom. The Labute approximate surface area is 267 Å². The van der Waals surface area contributed by atoms with Crippen LogP contribution in [0.2, 0.25) is 0 Å². The molecule has 1 amide bonds. The van der Waals surface area contributed by atoms with E-state index in [-0.39, 0.29) is 45.5 Å². The van der Waals surface area contributed by atoms with Crippen molar-refractivity contribution in [2.24, 2.45) is 0 Å². The first-order valence-electron chi connectivity index (χ1n) is 14.1. The highest BCUT2D eigenvalue weighted by Crippen LogP contribution is 2.48. The molecule has 1 aromatic heterocycles. The third-order valence-corrected chi connectivity index (χ3v) is 7.89. The van der Waals surface area contributed by atoms with Crippen molar-refractivity contribution in [1.29, 1.82) is 0 Å². The van der Waals surface area contributed by atoms with Crippen LogP contribution in [0.4, 0.5) is 16.3 Å². The summed E-state index contributed by atoms with van der Waals surface area (Å²) in [5, 5.41) is 2.45. The number of rotatable bonds is 11. The minimum absolute atomic E-state index is 0.0380. The van der Waals surface area contributed by atoms with E-state index < -0.39 is 33.5 Å². The minimum Gasteiger partial charge on any atom is -0.497 e. The van der Waals surface area contributed by atoms with Crippen LogP contribution in [0.5, 0.6) is 28.7 Å². The summed E-state index contributed by atoms with van der Waals surface area (Å²) >= 11 is 0. The summed E-state index contributed by atoms with van der Waals surface area (Å²) in [7, 11) is -1.78. The second-order valence-electron chi connectivity index (χ2n) is 10.8. The van der Waals surface area contributed by atoms with Crippen molar-refractivity contribution in [1.82, 2.24) is 4.98 Å². The molecule has 0 fully saturated rings. The van der Waals surface area contributed by atoms with Gasteiger partial charge in [0.15, 0.2) is 17.2 Å². The van der Waals surface area contributed by atoms with Crippen molar-refractivity contribution in [2.45, 2.75) is 38.0 Å². The van der Waals surface area contributed by atoms with Gasteiger partial charge in [0, 0.05) is 18.3 Å². The molecule has 2 N–H and O–H groups in total. The number of hydrogen-bond acceptors (Lipinski definition) is 10. The topological polar surface area (TPSA) is 151 Å². The first-order valence-corrected chi connectivity index (χ1v) is 15.6. The van der Waals surface area contributed by atoms with Crippen molar-refractivity contribution in [3.8, 4) is 28.7 Å². The van der Waals surface area contributed by atoms with Gasteiger partial charge in [0.2, 0.25) is 0 Å². The van der Waals surface area contributed by atoms with E-state index in [2.05, 4.69) is 15.0 Å². The average molecular weight is 650 g/mol. The first-order chi connectivity index (χ1) is 21.9. The van der Waals surface area contributed by atoms with Crippen molar-refractivity contribution >= 4 is 33.6 Å². The Hall–Kier alpha value is -5.30.